The molecule has 1 fully saturated rings. The maximum Gasteiger partial charge on any atom is 0.247 e. The molecule has 0 saturated carbocycles. The van der Waals surface area contributed by atoms with E-state index in [4.69, 9.17) is 0 Å². The number of carbonyl (C=O) groups is 2. The average Bonchev–Trinajstić information content (AvgIpc) is 2.76. The predicted octanol–water partition coefficient (Wildman–Crippen LogP) is 3.26. The third-order valence-electron chi connectivity index (χ3n) is 6.23. The molecule has 1 N–H and O–H groups in total. The minimum atomic E-state index is -3.95. The molecule has 0 aliphatic carbocycles. The Hall–Kier alpha value is -2.71. The lowest BCUT2D eigenvalue weighted by Crippen LogP contribution is -2.70. The van der Waals surface area contributed by atoms with E-state index in [2.05, 4.69) is 19.2 Å². The largest absolute Gasteiger partial charge is 0.354 e. The van der Waals surface area contributed by atoms with E-state index in [1.807, 2.05) is 26.0 Å². The van der Waals surface area contributed by atoms with Crippen LogP contribution in [0.25, 0.3) is 0 Å². The summed E-state index contributed by atoms with van der Waals surface area (Å²) in [5, 5.41) is 2.94. The number of nitrogens with one attached hydrogen (secondary N) is 1. The van der Waals surface area contributed by atoms with Crippen molar-refractivity contribution in [1.29, 1.82) is 0 Å². The van der Waals surface area contributed by atoms with Gasteiger partial charge >= 0.3 is 0 Å². The number of aryl methyl sites for hydroxylation is 1. The zero-order valence-electron chi connectivity index (χ0n) is 20.0. The highest BCUT2D eigenvalue weighted by atomic mass is 32.2. The van der Waals surface area contributed by atoms with Crippen molar-refractivity contribution in [1.82, 2.24) is 9.62 Å². The molecule has 178 valence electrons. The third-order valence-corrected chi connectivity index (χ3v) is 8.04. The number of anilines is 1. The van der Waals surface area contributed by atoms with Gasteiger partial charge in [-0.15, -0.1) is 0 Å². The second-order valence-electron chi connectivity index (χ2n) is 9.25. The molecule has 1 aliphatic rings. The fraction of sp³-hybridized carbons (Fsp3) is 0.440. The molecule has 8 heteroatoms. The Bertz CT molecular complexity index is 1130. The molecule has 2 aromatic rings. The van der Waals surface area contributed by atoms with Crippen LogP contribution >= 0.6 is 0 Å². The monoisotopic (exact) mass is 471 g/mol. The number of hydrogen-bond acceptors (Lipinski definition) is 4. The molecule has 0 spiro atoms. The molecule has 1 heterocycles. The van der Waals surface area contributed by atoms with Crippen LogP contribution in [0.3, 0.4) is 0 Å². The second-order valence-corrected chi connectivity index (χ2v) is 11.2. The summed E-state index contributed by atoms with van der Waals surface area (Å²) in [6, 6.07) is 13.6. The Labute approximate surface area is 196 Å². The van der Waals surface area contributed by atoms with Gasteiger partial charge in [-0.25, -0.2) is 8.42 Å². The first-order valence-electron chi connectivity index (χ1n) is 11.2. The van der Waals surface area contributed by atoms with Crippen molar-refractivity contribution in [2.24, 2.45) is 5.92 Å². The summed E-state index contributed by atoms with van der Waals surface area (Å²) in [6.45, 7) is 9.59. The summed E-state index contributed by atoms with van der Waals surface area (Å²) < 4.78 is 27.8. The van der Waals surface area contributed by atoms with E-state index in [1.54, 1.807) is 31.2 Å². The summed E-state index contributed by atoms with van der Waals surface area (Å²) in [7, 11) is -3.95. The van der Waals surface area contributed by atoms with Crippen LogP contribution in [0.5, 0.6) is 0 Å². The Kier molecular flexibility index (Phi) is 7.29. The number of rotatable bonds is 7. The Morgan fingerprint density at radius 2 is 1.76 bits per heavy atom. The lowest BCUT2D eigenvalue weighted by Gasteiger charge is -2.47. The van der Waals surface area contributed by atoms with Crippen LogP contribution in [-0.2, 0) is 19.6 Å². The molecule has 0 bridgehead atoms. The Morgan fingerprint density at radius 1 is 1.09 bits per heavy atom. The van der Waals surface area contributed by atoms with Gasteiger partial charge in [0, 0.05) is 18.8 Å². The van der Waals surface area contributed by atoms with Crippen molar-refractivity contribution in [3.05, 3.63) is 59.7 Å². The molecule has 1 atom stereocenters. The molecule has 0 aromatic heterocycles. The van der Waals surface area contributed by atoms with Gasteiger partial charge in [-0.1, -0.05) is 44.2 Å². The van der Waals surface area contributed by atoms with Gasteiger partial charge < -0.3 is 5.32 Å². The topological polar surface area (TPSA) is 86.8 Å². The number of hydrogen-bond donors (Lipinski definition) is 1. The molecular formula is C25H33N3O4S. The summed E-state index contributed by atoms with van der Waals surface area (Å²) in [4.78, 5) is 28.6. The van der Waals surface area contributed by atoms with Crippen molar-refractivity contribution < 1.29 is 18.0 Å². The first-order chi connectivity index (χ1) is 15.5. The summed E-state index contributed by atoms with van der Waals surface area (Å²) in [5.41, 5.74) is 1.08. The van der Waals surface area contributed by atoms with E-state index >= 15 is 0 Å². The molecule has 2 amide bonds. The minimum absolute atomic E-state index is 0.0977. The van der Waals surface area contributed by atoms with Crippen LogP contribution < -0.4 is 10.2 Å². The first-order valence-corrected chi connectivity index (χ1v) is 12.6. The lowest BCUT2D eigenvalue weighted by molar-refractivity contribution is -0.132. The van der Waals surface area contributed by atoms with Crippen molar-refractivity contribution in [3.8, 4) is 0 Å². The van der Waals surface area contributed by atoms with E-state index in [0.29, 0.717) is 18.2 Å². The summed E-state index contributed by atoms with van der Waals surface area (Å²) >= 11 is 0. The standard InChI is InChI=1S/C25H33N3O4S/c1-18(2)14-15-26-24(30)25(5)17-27(33(31,32)21-11-7-6-8-12-21)16-23(29)28(25)22-13-9-10-19(3)20(22)4/h6-13,18H,14-17H2,1-5H3,(H,26,30)/t25-/m0/s1. The normalized spacial score (nSPS) is 19.7. The maximum atomic E-state index is 13.5. The van der Waals surface area contributed by atoms with Crippen LogP contribution in [0.4, 0.5) is 5.69 Å². The van der Waals surface area contributed by atoms with Crippen molar-refractivity contribution in [2.45, 2.75) is 51.5 Å². The van der Waals surface area contributed by atoms with E-state index < -0.39 is 21.5 Å². The Morgan fingerprint density at radius 3 is 2.39 bits per heavy atom. The fourth-order valence-electron chi connectivity index (χ4n) is 4.09. The van der Waals surface area contributed by atoms with Crippen LogP contribution in [0.1, 0.15) is 38.3 Å². The van der Waals surface area contributed by atoms with E-state index in [1.165, 1.54) is 17.0 Å². The van der Waals surface area contributed by atoms with Gasteiger partial charge in [0.1, 0.15) is 5.54 Å². The zero-order valence-corrected chi connectivity index (χ0v) is 20.8. The summed E-state index contributed by atoms with van der Waals surface area (Å²) in [5.74, 6) is -0.405. The van der Waals surface area contributed by atoms with Gasteiger partial charge in [0.15, 0.2) is 0 Å². The highest BCUT2D eigenvalue weighted by Gasteiger charge is 2.51. The molecule has 0 unspecified atom stereocenters. The summed E-state index contributed by atoms with van der Waals surface area (Å²) in [6.07, 6.45) is 0.783. The molecule has 2 aromatic carbocycles. The molecule has 0 radical (unpaired) electrons. The molecule has 1 saturated heterocycles. The van der Waals surface area contributed by atoms with Gasteiger partial charge in [-0.2, -0.15) is 4.31 Å². The van der Waals surface area contributed by atoms with Gasteiger partial charge in [0.2, 0.25) is 21.8 Å². The molecular weight excluding hydrogens is 438 g/mol. The average molecular weight is 472 g/mol. The zero-order chi connectivity index (χ0) is 24.4. The second kappa shape index (κ2) is 9.65. The number of carbonyl (C=O) groups excluding carboxylic acids is 2. The number of benzene rings is 2. The number of amides is 2. The number of sulfonamides is 1. The quantitative estimate of drug-likeness (QED) is 0.672. The number of piperazine rings is 1. The molecule has 33 heavy (non-hydrogen) atoms. The first kappa shape index (κ1) is 24.9. The number of nitrogens with zero attached hydrogens (tertiary/aromatic N) is 2. The highest BCUT2D eigenvalue weighted by molar-refractivity contribution is 7.89. The van der Waals surface area contributed by atoms with Crippen LogP contribution in [-0.4, -0.2) is 49.7 Å². The van der Waals surface area contributed by atoms with E-state index in [-0.39, 0.29) is 23.9 Å². The highest BCUT2D eigenvalue weighted by Crippen LogP contribution is 2.34. The molecule has 7 nitrogen and oxygen atoms in total. The van der Waals surface area contributed by atoms with Crippen LogP contribution in [0.2, 0.25) is 0 Å². The van der Waals surface area contributed by atoms with Crippen LogP contribution in [0, 0.1) is 19.8 Å². The minimum Gasteiger partial charge on any atom is -0.354 e. The van der Waals surface area contributed by atoms with Gasteiger partial charge in [-0.3, -0.25) is 14.5 Å². The SMILES string of the molecule is Cc1cccc(N2C(=O)CN(S(=O)(=O)c3ccccc3)C[C@@]2(C)C(=O)NCCC(C)C)c1C. The van der Waals surface area contributed by atoms with Crippen molar-refractivity contribution >= 4 is 27.5 Å². The van der Waals surface area contributed by atoms with Gasteiger partial charge in [0.05, 0.1) is 11.4 Å². The van der Waals surface area contributed by atoms with E-state index in [0.717, 1.165) is 21.9 Å². The predicted molar refractivity (Wildman–Crippen MR) is 129 cm³/mol. The van der Waals surface area contributed by atoms with Gasteiger partial charge in [0.25, 0.3) is 0 Å². The Balaban J connectivity index is 2.05. The fourth-order valence-corrected chi connectivity index (χ4v) is 5.60. The molecule has 3 rings (SSSR count). The smallest absolute Gasteiger partial charge is 0.247 e. The third kappa shape index (κ3) is 4.96. The maximum absolute atomic E-state index is 13.5. The van der Waals surface area contributed by atoms with Crippen molar-refractivity contribution in [2.75, 3.05) is 24.5 Å². The van der Waals surface area contributed by atoms with Gasteiger partial charge in [-0.05, 0) is 62.4 Å². The van der Waals surface area contributed by atoms with E-state index in [9.17, 15) is 18.0 Å². The lowest BCUT2D eigenvalue weighted by atomic mass is 9.92. The molecule has 1 aliphatic heterocycles. The van der Waals surface area contributed by atoms with Crippen LogP contribution in [0.15, 0.2) is 53.4 Å². The van der Waals surface area contributed by atoms with Crippen molar-refractivity contribution in [3.63, 3.8) is 0 Å².